The molecule has 82 valence electrons. The number of aliphatic hydroxyl groups excluding tert-OH is 1. The Labute approximate surface area is 91.3 Å². The predicted molar refractivity (Wildman–Crippen MR) is 62.8 cm³/mol. The van der Waals surface area contributed by atoms with Crippen LogP contribution in [0, 0.1) is 5.41 Å². The van der Waals surface area contributed by atoms with Gasteiger partial charge in [-0.3, -0.25) is 0 Å². The van der Waals surface area contributed by atoms with Crippen molar-refractivity contribution in [1.82, 2.24) is 0 Å². The zero-order valence-corrected chi connectivity index (χ0v) is 9.46. The summed E-state index contributed by atoms with van der Waals surface area (Å²) >= 11 is 0. The summed E-state index contributed by atoms with van der Waals surface area (Å²) in [7, 11) is 0. The van der Waals surface area contributed by atoms with Crippen molar-refractivity contribution in [3.63, 3.8) is 0 Å². The van der Waals surface area contributed by atoms with Crippen LogP contribution in [0.15, 0.2) is 24.3 Å². The predicted octanol–water partition coefficient (Wildman–Crippen LogP) is 2.78. The number of nitrogens with one attached hydrogen (secondary N) is 1. The molecule has 15 heavy (non-hydrogen) atoms. The highest BCUT2D eigenvalue weighted by molar-refractivity contribution is 5.46. The monoisotopic (exact) mass is 205 g/mol. The summed E-state index contributed by atoms with van der Waals surface area (Å²) in [5.41, 5.74) is 2.56. The first-order valence-electron chi connectivity index (χ1n) is 5.60. The molecule has 1 saturated carbocycles. The van der Waals surface area contributed by atoms with Crippen LogP contribution in [-0.2, 0) is 6.61 Å². The van der Waals surface area contributed by atoms with Crippen molar-refractivity contribution < 1.29 is 5.11 Å². The summed E-state index contributed by atoms with van der Waals surface area (Å²) < 4.78 is 0. The van der Waals surface area contributed by atoms with Gasteiger partial charge in [0.05, 0.1) is 6.61 Å². The summed E-state index contributed by atoms with van der Waals surface area (Å²) in [5.74, 6) is 0. The van der Waals surface area contributed by atoms with Gasteiger partial charge in [-0.25, -0.2) is 0 Å². The number of hydrogen-bond acceptors (Lipinski definition) is 2. The Morgan fingerprint density at radius 3 is 2.80 bits per heavy atom. The molecular weight excluding hydrogens is 186 g/mol. The van der Waals surface area contributed by atoms with Crippen LogP contribution in [-0.4, -0.2) is 11.1 Å². The van der Waals surface area contributed by atoms with Crippen LogP contribution in [0.3, 0.4) is 0 Å². The Morgan fingerprint density at radius 2 is 2.20 bits per heavy atom. The Morgan fingerprint density at radius 1 is 1.47 bits per heavy atom. The molecule has 1 fully saturated rings. The van der Waals surface area contributed by atoms with Gasteiger partial charge in [0.2, 0.25) is 0 Å². The summed E-state index contributed by atoms with van der Waals surface area (Å²) in [6, 6.07) is 8.50. The Bertz CT molecular complexity index is 344. The van der Waals surface area contributed by atoms with Crippen molar-refractivity contribution >= 4 is 5.69 Å². The average Bonchev–Trinajstić information content (AvgIpc) is 2.98. The molecule has 1 atom stereocenters. The molecule has 1 aromatic rings. The second-order valence-electron chi connectivity index (χ2n) is 4.88. The van der Waals surface area contributed by atoms with E-state index in [-0.39, 0.29) is 6.61 Å². The molecule has 0 bridgehead atoms. The Kier molecular flexibility index (Phi) is 2.70. The molecule has 1 aromatic carbocycles. The van der Waals surface area contributed by atoms with Gasteiger partial charge in [0.1, 0.15) is 0 Å². The van der Waals surface area contributed by atoms with Gasteiger partial charge in [-0.15, -0.1) is 0 Å². The van der Waals surface area contributed by atoms with Crippen LogP contribution in [0.2, 0.25) is 0 Å². The number of hydrogen-bond donors (Lipinski definition) is 2. The van der Waals surface area contributed by atoms with Crippen molar-refractivity contribution in [1.29, 1.82) is 0 Å². The van der Waals surface area contributed by atoms with Gasteiger partial charge in [0, 0.05) is 11.7 Å². The number of benzene rings is 1. The Hall–Kier alpha value is -1.02. The van der Waals surface area contributed by atoms with Crippen molar-refractivity contribution in [3.05, 3.63) is 29.8 Å². The first-order chi connectivity index (χ1) is 7.14. The molecule has 0 aliphatic heterocycles. The summed E-state index contributed by atoms with van der Waals surface area (Å²) in [6.07, 6.45) is 2.64. The molecule has 0 saturated heterocycles. The minimum atomic E-state index is 0.112. The fourth-order valence-electron chi connectivity index (χ4n) is 1.81. The highest BCUT2D eigenvalue weighted by Gasteiger charge is 2.42. The molecule has 2 rings (SSSR count). The SMILES string of the molecule is CC(Nc1cccc(CO)c1)C1(C)CC1. The number of aliphatic hydroxyl groups is 1. The van der Waals surface area contributed by atoms with Crippen LogP contribution in [0.1, 0.15) is 32.3 Å². The normalized spacial score (nSPS) is 19.7. The average molecular weight is 205 g/mol. The third-order valence-corrected chi connectivity index (χ3v) is 3.58. The van der Waals surface area contributed by atoms with Crippen molar-refractivity contribution in [3.8, 4) is 0 Å². The lowest BCUT2D eigenvalue weighted by Crippen LogP contribution is -2.24. The molecule has 1 unspecified atom stereocenters. The number of rotatable bonds is 4. The lowest BCUT2D eigenvalue weighted by molar-refractivity contribution is 0.282. The van der Waals surface area contributed by atoms with E-state index < -0.39 is 0 Å². The first-order valence-corrected chi connectivity index (χ1v) is 5.60. The van der Waals surface area contributed by atoms with E-state index in [1.165, 1.54) is 12.8 Å². The summed E-state index contributed by atoms with van der Waals surface area (Å²) in [4.78, 5) is 0. The van der Waals surface area contributed by atoms with Gasteiger partial charge >= 0.3 is 0 Å². The largest absolute Gasteiger partial charge is 0.392 e. The topological polar surface area (TPSA) is 32.3 Å². The van der Waals surface area contributed by atoms with E-state index in [9.17, 15) is 0 Å². The Balaban J connectivity index is 2.03. The fraction of sp³-hybridized carbons (Fsp3) is 0.538. The maximum atomic E-state index is 9.04. The van der Waals surface area contributed by atoms with E-state index in [0.717, 1.165) is 11.3 Å². The molecular formula is C13H19NO. The lowest BCUT2D eigenvalue weighted by Gasteiger charge is -2.21. The molecule has 2 N–H and O–H groups in total. The van der Waals surface area contributed by atoms with E-state index in [0.29, 0.717) is 11.5 Å². The minimum absolute atomic E-state index is 0.112. The van der Waals surface area contributed by atoms with E-state index in [2.05, 4.69) is 25.2 Å². The lowest BCUT2D eigenvalue weighted by atomic mass is 10.0. The second-order valence-corrected chi connectivity index (χ2v) is 4.88. The van der Waals surface area contributed by atoms with Gasteiger partial charge in [-0.2, -0.15) is 0 Å². The first kappa shape index (κ1) is 10.5. The zero-order valence-electron chi connectivity index (χ0n) is 9.46. The molecule has 2 nitrogen and oxygen atoms in total. The van der Waals surface area contributed by atoms with Crippen LogP contribution >= 0.6 is 0 Å². The molecule has 0 aromatic heterocycles. The van der Waals surface area contributed by atoms with Crippen LogP contribution < -0.4 is 5.32 Å². The van der Waals surface area contributed by atoms with Gasteiger partial charge in [0.25, 0.3) is 0 Å². The van der Waals surface area contributed by atoms with Gasteiger partial charge in [-0.1, -0.05) is 19.1 Å². The van der Waals surface area contributed by atoms with Crippen LogP contribution in [0.4, 0.5) is 5.69 Å². The molecule has 0 amide bonds. The molecule has 2 heteroatoms. The molecule has 1 aliphatic rings. The standard InChI is InChI=1S/C13H19NO/c1-10(13(2)6-7-13)14-12-5-3-4-11(8-12)9-15/h3-5,8,10,14-15H,6-7,9H2,1-2H3. The van der Waals surface area contributed by atoms with Crippen LogP contribution in [0.25, 0.3) is 0 Å². The van der Waals surface area contributed by atoms with E-state index in [1.807, 2.05) is 18.2 Å². The number of anilines is 1. The molecule has 0 spiro atoms. The smallest absolute Gasteiger partial charge is 0.0682 e. The second kappa shape index (κ2) is 3.86. The maximum Gasteiger partial charge on any atom is 0.0682 e. The summed E-state index contributed by atoms with van der Waals surface area (Å²) in [6.45, 7) is 4.67. The van der Waals surface area contributed by atoms with Crippen molar-refractivity contribution in [2.24, 2.45) is 5.41 Å². The fourth-order valence-corrected chi connectivity index (χ4v) is 1.81. The molecule has 0 heterocycles. The highest BCUT2D eigenvalue weighted by atomic mass is 16.3. The van der Waals surface area contributed by atoms with Crippen molar-refractivity contribution in [2.75, 3.05) is 5.32 Å². The third kappa shape index (κ3) is 2.32. The zero-order chi connectivity index (χ0) is 10.9. The summed E-state index contributed by atoms with van der Waals surface area (Å²) in [5, 5.41) is 12.5. The van der Waals surface area contributed by atoms with Crippen LogP contribution in [0.5, 0.6) is 0 Å². The van der Waals surface area contributed by atoms with Gasteiger partial charge in [-0.05, 0) is 42.9 Å². The van der Waals surface area contributed by atoms with Gasteiger partial charge < -0.3 is 10.4 Å². The molecule has 1 aliphatic carbocycles. The van der Waals surface area contributed by atoms with E-state index >= 15 is 0 Å². The van der Waals surface area contributed by atoms with E-state index in [4.69, 9.17) is 5.11 Å². The molecule has 0 radical (unpaired) electrons. The van der Waals surface area contributed by atoms with Gasteiger partial charge in [0.15, 0.2) is 0 Å². The third-order valence-electron chi connectivity index (χ3n) is 3.58. The highest BCUT2D eigenvalue weighted by Crippen LogP contribution is 2.48. The minimum Gasteiger partial charge on any atom is -0.392 e. The maximum absolute atomic E-state index is 9.04. The quantitative estimate of drug-likeness (QED) is 0.792. The van der Waals surface area contributed by atoms with Crippen molar-refractivity contribution in [2.45, 2.75) is 39.3 Å². The van der Waals surface area contributed by atoms with E-state index in [1.54, 1.807) is 0 Å².